The first-order valence-corrected chi connectivity index (χ1v) is 5.59. The molecule has 5 nitrogen and oxygen atoms in total. The van der Waals surface area contributed by atoms with Crippen LogP contribution in [0.5, 0.6) is 0 Å². The third kappa shape index (κ3) is 1.36. The molecule has 0 bridgehead atoms. The van der Waals surface area contributed by atoms with Crippen molar-refractivity contribution >= 4 is 10.0 Å². The predicted octanol–water partition coefficient (Wildman–Crippen LogP) is 0.380. The molecule has 1 aliphatic heterocycles. The van der Waals surface area contributed by atoms with Gasteiger partial charge in [0, 0.05) is 0 Å². The summed E-state index contributed by atoms with van der Waals surface area (Å²) in [5.74, 6) is 0. The second-order valence-corrected chi connectivity index (χ2v) is 5.32. The maximum absolute atomic E-state index is 10.9. The number of rotatable bonds is 1. The molecule has 0 aromatic rings. The topological polar surface area (TPSA) is 84.9 Å². The fourth-order valence-corrected chi connectivity index (χ4v) is 2.55. The van der Waals surface area contributed by atoms with Gasteiger partial charge in [-0.3, -0.25) is 0 Å². The summed E-state index contributed by atoms with van der Waals surface area (Å²) in [5, 5.41) is 12.5. The molecule has 1 aliphatic carbocycles. The lowest BCUT2D eigenvalue weighted by molar-refractivity contribution is 0.393. The Morgan fingerprint density at radius 2 is 1.75 bits per heavy atom. The lowest BCUT2D eigenvalue weighted by Crippen LogP contribution is -2.34. The van der Waals surface area contributed by atoms with Crippen LogP contribution in [0.4, 0.5) is 0 Å². The highest BCUT2D eigenvalue weighted by molar-refractivity contribution is 7.89. The largest absolute Gasteiger partial charge is 0.228 e. The smallest absolute Gasteiger partial charge is 0.211 e. The predicted molar refractivity (Wildman–Crippen MR) is 43.0 cm³/mol. The van der Waals surface area contributed by atoms with E-state index >= 15 is 0 Å². The monoisotopic (exact) mass is 189 g/mol. The average Bonchev–Trinajstić information content (AvgIpc) is 2.68. The highest BCUT2D eigenvalue weighted by Gasteiger charge is 2.45. The molecule has 0 amide bonds. The standard InChI is InChI=1S/C6H11N3O2S/c7-12(10,11)5-1-3-6(4-2-5)8-9-6/h5H,1-4H2,(H2,7,10,11). The van der Waals surface area contributed by atoms with Gasteiger partial charge in [0.25, 0.3) is 0 Å². The Labute approximate surface area is 71.1 Å². The molecule has 68 valence electrons. The van der Waals surface area contributed by atoms with Crippen LogP contribution in [0.1, 0.15) is 25.7 Å². The van der Waals surface area contributed by atoms with Crippen molar-refractivity contribution in [2.75, 3.05) is 0 Å². The Balaban J connectivity index is 1.99. The lowest BCUT2D eigenvalue weighted by Gasteiger charge is -2.23. The first kappa shape index (κ1) is 8.12. The number of hydrogen-bond donors (Lipinski definition) is 1. The molecule has 0 saturated heterocycles. The van der Waals surface area contributed by atoms with Crippen LogP contribution < -0.4 is 5.14 Å². The minimum atomic E-state index is -3.33. The van der Waals surface area contributed by atoms with E-state index in [2.05, 4.69) is 10.2 Å². The molecule has 1 fully saturated rings. The number of primary sulfonamides is 1. The van der Waals surface area contributed by atoms with Crippen LogP contribution in [0.3, 0.4) is 0 Å². The van der Waals surface area contributed by atoms with E-state index < -0.39 is 10.0 Å². The van der Waals surface area contributed by atoms with Gasteiger partial charge in [-0.25, -0.2) is 13.6 Å². The van der Waals surface area contributed by atoms with Crippen LogP contribution in [-0.2, 0) is 10.0 Å². The molecule has 0 aromatic heterocycles. The molecule has 2 aliphatic rings. The minimum Gasteiger partial charge on any atom is -0.228 e. The van der Waals surface area contributed by atoms with Crippen molar-refractivity contribution in [2.45, 2.75) is 36.6 Å². The third-order valence-electron chi connectivity index (χ3n) is 2.58. The van der Waals surface area contributed by atoms with Gasteiger partial charge in [0.1, 0.15) is 0 Å². The molecular weight excluding hydrogens is 178 g/mol. The summed E-state index contributed by atoms with van der Waals surface area (Å²) < 4.78 is 21.9. The fraction of sp³-hybridized carbons (Fsp3) is 1.00. The van der Waals surface area contributed by atoms with Crippen molar-refractivity contribution in [1.29, 1.82) is 0 Å². The molecule has 2 rings (SSSR count). The van der Waals surface area contributed by atoms with Crippen molar-refractivity contribution in [1.82, 2.24) is 0 Å². The summed E-state index contributed by atoms with van der Waals surface area (Å²) in [4.78, 5) is 0. The second kappa shape index (κ2) is 2.26. The molecule has 1 heterocycles. The maximum atomic E-state index is 10.9. The molecule has 0 radical (unpaired) electrons. The Kier molecular flexibility index (Phi) is 1.53. The van der Waals surface area contributed by atoms with Crippen molar-refractivity contribution < 1.29 is 8.42 Å². The SMILES string of the molecule is NS(=O)(=O)C1CCC2(CC1)N=N2. The van der Waals surface area contributed by atoms with Crippen molar-refractivity contribution in [3.8, 4) is 0 Å². The fourth-order valence-electron chi connectivity index (χ4n) is 1.65. The van der Waals surface area contributed by atoms with Gasteiger partial charge in [-0.2, -0.15) is 10.2 Å². The zero-order valence-corrected chi connectivity index (χ0v) is 7.42. The van der Waals surface area contributed by atoms with Crippen molar-refractivity contribution in [2.24, 2.45) is 15.4 Å². The molecule has 1 spiro atoms. The van der Waals surface area contributed by atoms with E-state index in [-0.39, 0.29) is 10.9 Å². The molecule has 6 heteroatoms. The Morgan fingerprint density at radius 3 is 2.08 bits per heavy atom. The number of hydrogen-bond acceptors (Lipinski definition) is 4. The Morgan fingerprint density at radius 1 is 1.25 bits per heavy atom. The van der Waals surface area contributed by atoms with Gasteiger partial charge in [0.2, 0.25) is 10.0 Å². The zero-order valence-electron chi connectivity index (χ0n) is 6.60. The van der Waals surface area contributed by atoms with Gasteiger partial charge in [0.05, 0.1) is 5.25 Å². The van der Waals surface area contributed by atoms with Gasteiger partial charge in [-0.05, 0) is 25.7 Å². The highest BCUT2D eigenvalue weighted by Crippen LogP contribution is 2.43. The molecule has 0 atom stereocenters. The summed E-state index contributed by atoms with van der Waals surface area (Å²) in [6.45, 7) is 0. The summed E-state index contributed by atoms with van der Waals surface area (Å²) >= 11 is 0. The molecule has 12 heavy (non-hydrogen) atoms. The van der Waals surface area contributed by atoms with Crippen LogP contribution in [0, 0.1) is 0 Å². The average molecular weight is 189 g/mol. The Bertz CT molecular complexity index is 306. The normalized spacial score (nSPS) is 27.8. The van der Waals surface area contributed by atoms with E-state index in [1.54, 1.807) is 0 Å². The number of nitrogens with two attached hydrogens (primary N) is 1. The van der Waals surface area contributed by atoms with E-state index in [1.807, 2.05) is 0 Å². The molecule has 0 aromatic carbocycles. The summed E-state index contributed by atoms with van der Waals surface area (Å²) in [6, 6.07) is 0. The van der Waals surface area contributed by atoms with Gasteiger partial charge < -0.3 is 0 Å². The zero-order chi connectivity index (χ0) is 8.82. The van der Waals surface area contributed by atoms with Crippen LogP contribution in [0.15, 0.2) is 10.2 Å². The lowest BCUT2D eigenvalue weighted by atomic mass is 9.92. The molecular formula is C6H11N3O2S. The number of nitrogens with zero attached hydrogens (tertiary/aromatic N) is 2. The van der Waals surface area contributed by atoms with Crippen molar-refractivity contribution in [3.63, 3.8) is 0 Å². The molecule has 2 N–H and O–H groups in total. The first-order valence-electron chi connectivity index (χ1n) is 3.98. The van der Waals surface area contributed by atoms with E-state index in [0.29, 0.717) is 12.8 Å². The maximum Gasteiger partial charge on any atom is 0.211 e. The van der Waals surface area contributed by atoms with E-state index in [1.165, 1.54) is 0 Å². The van der Waals surface area contributed by atoms with Gasteiger partial charge >= 0.3 is 0 Å². The molecule has 0 unspecified atom stereocenters. The van der Waals surface area contributed by atoms with Crippen LogP contribution in [0.25, 0.3) is 0 Å². The summed E-state index contributed by atoms with van der Waals surface area (Å²) in [7, 11) is -3.33. The number of sulfonamides is 1. The van der Waals surface area contributed by atoms with Crippen LogP contribution in [-0.4, -0.2) is 19.3 Å². The van der Waals surface area contributed by atoms with Gasteiger partial charge in [-0.15, -0.1) is 0 Å². The Hall–Kier alpha value is -0.490. The first-order chi connectivity index (χ1) is 5.52. The summed E-state index contributed by atoms with van der Waals surface area (Å²) in [5.41, 5.74) is -0.193. The third-order valence-corrected chi connectivity index (χ3v) is 3.98. The summed E-state index contributed by atoms with van der Waals surface area (Å²) in [6.07, 6.45) is 2.69. The van der Waals surface area contributed by atoms with Crippen LogP contribution in [0.2, 0.25) is 0 Å². The highest BCUT2D eigenvalue weighted by atomic mass is 32.2. The van der Waals surface area contributed by atoms with Crippen molar-refractivity contribution in [3.05, 3.63) is 0 Å². The molecule has 1 saturated carbocycles. The van der Waals surface area contributed by atoms with E-state index in [9.17, 15) is 8.42 Å². The minimum absolute atomic E-state index is 0.193. The van der Waals surface area contributed by atoms with Gasteiger partial charge in [-0.1, -0.05) is 0 Å². The second-order valence-electron chi connectivity index (χ2n) is 3.47. The van der Waals surface area contributed by atoms with E-state index in [4.69, 9.17) is 5.14 Å². The van der Waals surface area contributed by atoms with E-state index in [0.717, 1.165) is 12.8 Å². The van der Waals surface area contributed by atoms with Gasteiger partial charge in [0.15, 0.2) is 5.66 Å². The van der Waals surface area contributed by atoms with Crippen LogP contribution >= 0.6 is 0 Å². The quantitative estimate of drug-likeness (QED) is 0.646.